The number of ether oxygens (including phenoxy) is 1. The number of aryl methyl sites for hydroxylation is 1. The van der Waals surface area contributed by atoms with Gasteiger partial charge in [0, 0.05) is 26.0 Å². The monoisotopic (exact) mass is 258 g/mol. The maximum Gasteiger partial charge on any atom is 0.113 e. The van der Waals surface area contributed by atoms with E-state index in [-0.39, 0.29) is 6.10 Å². The van der Waals surface area contributed by atoms with E-state index in [9.17, 15) is 5.11 Å². The number of hydrogen-bond acceptors (Lipinski definition) is 3. The van der Waals surface area contributed by atoms with Gasteiger partial charge in [0.1, 0.15) is 5.60 Å². The average molecular weight is 259 g/mol. The van der Waals surface area contributed by atoms with Gasteiger partial charge in [-0.3, -0.25) is 4.68 Å². The maximum atomic E-state index is 10.5. The third kappa shape index (κ3) is 2.34. The summed E-state index contributed by atoms with van der Waals surface area (Å²) in [6.45, 7) is 5.51. The molecule has 4 nitrogen and oxygen atoms in total. The number of rotatable bonds is 5. The van der Waals surface area contributed by atoms with E-state index < -0.39 is 5.60 Å². The summed E-state index contributed by atoms with van der Waals surface area (Å²) in [5.41, 5.74) is -0.111. The predicted molar refractivity (Wildman–Crippen MR) is 66.1 cm³/mol. The summed E-state index contributed by atoms with van der Waals surface area (Å²) in [5, 5.41) is 15.3. The molecule has 0 atom stereocenters. The lowest BCUT2D eigenvalue weighted by Gasteiger charge is -2.43. The van der Waals surface area contributed by atoms with E-state index in [1.54, 1.807) is 6.20 Å². The van der Waals surface area contributed by atoms with E-state index in [1.807, 2.05) is 11.6 Å². The lowest BCUT2D eigenvalue weighted by atomic mass is 9.75. The maximum absolute atomic E-state index is 10.5. The van der Waals surface area contributed by atoms with Crippen LogP contribution >= 0.6 is 11.6 Å². The molecule has 0 amide bonds. The van der Waals surface area contributed by atoms with E-state index in [2.05, 4.69) is 12.0 Å². The largest absolute Gasteiger partial charge is 0.383 e. The minimum absolute atomic E-state index is 0.144. The van der Waals surface area contributed by atoms with Crippen molar-refractivity contribution in [2.75, 3.05) is 6.61 Å². The quantitative estimate of drug-likeness (QED) is 0.882. The summed E-state index contributed by atoms with van der Waals surface area (Å²) >= 11 is 6.12. The fraction of sp³-hybridized carbons (Fsp3) is 0.750. The van der Waals surface area contributed by atoms with E-state index in [0.717, 1.165) is 18.7 Å². The van der Waals surface area contributed by atoms with Gasteiger partial charge in [0.15, 0.2) is 0 Å². The lowest BCUT2D eigenvalue weighted by molar-refractivity contribution is -0.146. The number of aromatic nitrogens is 2. The van der Waals surface area contributed by atoms with Crippen LogP contribution in [-0.2, 0) is 16.9 Å². The second-order valence-corrected chi connectivity index (χ2v) is 4.99. The van der Waals surface area contributed by atoms with Crippen molar-refractivity contribution in [1.82, 2.24) is 9.78 Å². The Kier molecular flexibility index (Phi) is 3.76. The minimum Gasteiger partial charge on any atom is -0.383 e. The molecule has 1 aliphatic carbocycles. The Labute approximate surface area is 107 Å². The van der Waals surface area contributed by atoms with Crippen molar-refractivity contribution in [3.05, 3.63) is 16.9 Å². The van der Waals surface area contributed by atoms with Crippen LogP contribution in [0, 0.1) is 0 Å². The van der Waals surface area contributed by atoms with Crippen molar-refractivity contribution in [3.8, 4) is 0 Å². The van der Waals surface area contributed by atoms with Gasteiger partial charge in [-0.05, 0) is 13.3 Å². The van der Waals surface area contributed by atoms with Gasteiger partial charge >= 0.3 is 0 Å². The molecule has 2 rings (SSSR count). The number of nitrogens with zero attached hydrogens (tertiary/aromatic N) is 2. The standard InChI is InChI=1S/C12H19ClN2O2/c1-3-5-15-11(10(13)8-14-15)12(16)6-9(7-12)17-4-2/h8-9,16H,3-7H2,1-2H3. The Hall–Kier alpha value is -0.580. The van der Waals surface area contributed by atoms with Crippen LogP contribution in [0.3, 0.4) is 0 Å². The normalized spacial score (nSPS) is 28.1. The van der Waals surface area contributed by atoms with Crippen molar-refractivity contribution < 1.29 is 9.84 Å². The van der Waals surface area contributed by atoms with Gasteiger partial charge in [0.2, 0.25) is 0 Å². The second-order valence-electron chi connectivity index (χ2n) is 4.58. The van der Waals surface area contributed by atoms with Crippen molar-refractivity contribution in [1.29, 1.82) is 0 Å². The first-order valence-electron chi connectivity index (χ1n) is 6.16. The molecule has 96 valence electrons. The number of halogens is 1. The van der Waals surface area contributed by atoms with Crippen LogP contribution in [0.2, 0.25) is 5.02 Å². The predicted octanol–water partition coefficient (Wildman–Crippen LogP) is 2.33. The summed E-state index contributed by atoms with van der Waals surface area (Å²) in [7, 11) is 0. The van der Waals surface area contributed by atoms with Crippen LogP contribution in [0.25, 0.3) is 0 Å². The summed E-state index contributed by atoms with van der Waals surface area (Å²) in [5.74, 6) is 0. The zero-order chi connectivity index (χ0) is 12.5. The van der Waals surface area contributed by atoms with Crippen molar-refractivity contribution in [2.45, 2.75) is 51.4 Å². The first kappa shape index (κ1) is 12.9. The van der Waals surface area contributed by atoms with E-state index in [0.29, 0.717) is 24.5 Å². The topological polar surface area (TPSA) is 47.3 Å². The van der Waals surface area contributed by atoms with Crippen LogP contribution < -0.4 is 0 Å². The SMILES string of the molecule is CCCn1ncc(Cl)c1C1(O)CC(OCC)C1. The molecule has 1 aliphatic rings. The Morgan fingerprint density at radius 1 is 1.59 bits per heavy atom. The van der Waals surface area contributed by atoms with Crippen LogP contribution in [-0.4, -0.2) is 27.6 Å². The molecule has 1 saturated carbocycles. The molecule has 0 aliphatic heterocycles. The molecule has 1 N–H and O–H groups in total. The van der Waals surface area contributed by atoms with E-state index in [1.165, 1.54) is 0 Å². The first-order valence-corrected chi connectivity index (χ1v) is 6.54. The third-order valence-corrected chi connectivity index (χ3v) is 3.48. The zero-order valence-corrected chi connectivity index (χ0v) is 11.1. The molecule has 1 fully saturated rings. The Morgan fingerprint density at radius 2 is 2.29 bits per heavy atom. The fourth-order valence-electron chi connectivity index (χ4n) is 2.45. The zero-order valence-electron chi connectivity index (χ0n) is 10.3. The lowest BCUT2D eigenvalue weighted by Crippen LogP contribution is -2.47. The minimum atomic E-state index is -0.859. The van der Waals surface area contributed by atoms with Gasteiger partial charge in [-0.25, -0.2) is 0 Å². The molecule has 17 heavy (non-hydrogen) atoms. The molecule has 5 heteroatoms. The molecule has 0 bridgehead atoms. The third-order valence-electron chi connectivity index (χ3n) is 3.20. The van der Waals surface area contributed by atoms with Crippen molar-refractivity contribution in [3.63, 3.8) is 0 Å². The van der Waals surface area contributed by atoms with Crippen LogP contribution in [0.1, 0.15) is 38.8 Å². The average Bonchev–Trinajstić information content (AvgIpc) is 2.59. The highest BCUT2D eigenvalue weighted by Crippen LogP contribution is 2.45. The van der Waals surface area contributed by atoms with Gasteiger partial charge in [-0.1, -0.05) is 18.5 Å². The van der Waals surface area contributed by atoms with E-state index >= 15 is 0 Å². The Balaban J connectivity index is 2.14. The highest BCUT2D eigenvalue weighted by atomic mass is 35.5. The smallest absolute Gasteiger partial charge is 0.113 e. The number of hydrogen-bond donors (Lipinski definition) is 1. The molecular weight excluding hydrogens is 240 g/mol. The molecule has 0 radical (unpaired) electrons. The highest BCUT2D eigenvalue weighted by Gasteiger charge is 2.48. The Morgan fingerprint density at radius 3 is 2.88 bits per heavy atom. The van der Waals surface area contributed by atoms with Crippen LogP contribution in [0.5, 0.6) is 0 Å². The van der Waals surface area contributed by atoms with E-state index in [4.69, 9.17) is 16.3 Å². The van der Waals surface area contributed by atoms with Gasteiger partial charge in [0.05, 0.1) is 23.0 Å². The summed E-state index contributed by atoms with van der Waals surface area (Å²) in [4.78, 5) is 0. The van der Waals surface area contributed by atoms with Gasteiger partial charge < -0.3 is 9.84 Å². The summed E-state index contributed by atoms with van der Waals surface area (Å²) in [6.07, 6.45) is 3.94. The van der Waals surface area contributed by atoms with Crippen molar-refractivity contribution >= 4 is 11.6 Å². The molecule has 1 aromatic rings. The van der Waals surface area contributed by atoms with Crippen LogP contribution in [0.15, 0.2) is 6.20 Å². The first-order chi connectivity index (χ1) is 8.10. The summed E-state index contributed by atoms with van der Waals surface area (Å²) in [6, 6.07) is 0. The molecule has 1 heterocycles. The van der Waals surface area contributed by atoms with Gasteiger partial charge in [0.25, 0.3) is 0 Å². The molecule has 0 saturated heterocycles. The summed E-state index contributed by atoms with van der Waals surface area (Å²) < 4.78 is 7.29. The van der Waals surface area contributed by atoms with Gasteiger partial charge in [-0.2, -0.15) is 5.10 Å². The molecule has 0 unspecified atom stereocenters. The van der Waals surface area contributed by atoms with Crippen molar-refractivity contribution in [2.24, 2.45) is 0 Å². The molecular formula is C12H19ClN2O2. The Bertz CT molecular complexity index is 386. The highest BCUT2D eigenvalue weighted by molar-refractivity contribution is 6.31. The molecule has 0 aromatic carbocycles. The van der Waals surface area contributed by atoms with Gasteiger partial charge in [-0.15, -0.1) is 0 Å². The molecule has 1 aromatic heterocycles. The molecule has 0 spiro atoms. The van der Waals surface area contributed by atoms with Crippen LogP contribution in [0.4, 0.5) is 0 Å². The second kappa shape index (κ2) is 4.96. The fourth-order valence-corrected chi connectivity index (χ4v) is 2.76. The number of aliphatic hydroxyl groups is 1.